The zero-order valence-electron chi connectivity index (χ0n) is 11.2. The first-order valence-corrected chi connectivity index (χ1v) is 7.03. The van der Waals surface area contributed by atoms with E-state index in [1.807, 2.05) is 16.7 Å². The molecule has 0 fully saturated rings. The van der Waals surface area contributed by atoms with Crippen molar-refractivity contribution in [2.24, 2.45) is 0 Å². The van der Waals surface area contributed by atoms with Crippen molar-refractivity contribution in [3.8, 4) is 11.8 Å². The van der Waals surface area contributed by atoms with Gasteiger partial charge in [0.15, 0.2) is 0 Å². The molecule has 0 amide bonds. The molecule has 1 aromatic heterocycles. The van der Waals surface area contributed by atoms with Gasteiger partial charge in [-0.3, -0.25) is 4.57 Å². The Balaban J connectivity index is 2.28. The van der Waals surface area contributed by atoms with Gasteiger partial charge >= 0.3 is 0 Å². The predicted molar refractivity (Wildman–Crippen MR) is 83.0 cm³/mol. The van der Waals surface area contributed by atoms with Crippen molar-refractivity contribution in [2.75, 3.05) is 0 Å². The van der Waals surface area contributed by atoms with Gasteiger partial charge in [0, 0.05) is 10.2 Å². The number of aromatic nitrogens is 2. The number of rotatable bonds is 1. The maximum atomic E-state index is 9.08. The lowest BCUT2D eigenvalue weighted by Gasteiger charge is -2.07. The van der Waals surface area contributed by atoms with Gasteiger partial charge in [-0.05, 0) is 55.3 Å². The van der Waals surface area contributed by atoms with E-state index >= 15 is 0 Å². The van der Waals surface area contributed by atoms with Crippen LogP contribution in [0.5, 0.6) is 0 Å². The molecule has 0 aliphatic heterocycles. The van der Waals surface area contributed by atoms with Gasteiger partial charge in [0.1, 0.15) is 6.33 Å². The summed E-state index contributed by atoms with van der Waals surface area (Å²) in [6.45, 7) is 4.18. The summed E-state index contributed by atoms with van der Waals surface area (Å²) in [4.78, 5) is 4.45. The van der Waals surface area contributed by atoms with Gasteiger partial charge in [-0.1, -0.05) is 15.9 Å². The van der Waals surface area contributed by atoms with Crippen LogP contribution < -0.4 is 0 Å². The molecule has 3 aromatic rings. The minimum Gasteiger partial charge on any atom is -0.299 e. The molecule has 1 heterocycles. The number of hydrogen-bond acceptors (Lipinski definition) is 2. The van der Waals surface area contributed by atoms with Gasteiger partial charge in [0.25, 0.3) is 0 Å². The van der Waals surface area contributed by atoms with Crippen molar-refractivity contribution in [1.29, 1.82) is 5.26 Å². The number of halogens is 1. The van der Waals surface area contributed by atoms with Crippen molar-refractivity contribution < 1.29 is 0 Å². The van der Waals surface area contributed by atoms with Gasteiger partial charge < -0.3 is 0 Å². The molecule has 3 rings (SSSR count). The first-order chi connectivity index (χ1) is 9.58. The van der Waals surface area contributed by atoms with E-state index in [0.29, 0.717) is 5.56 Å². The van der Waals surface area contributed by atoms with Crippen LogP contribution >= 0.6 is 15.9 Å². The highest BCUT2D eigenvalue weighted by molar-refractivity contribution is 9.10. The number of fused-ring (bicyclic) bond motifs is 1. The Morgan fingerprint density at radius 3 is 2.60 bits per heavy atom. The van der Waals surface area contributed by atoms with Gasteiger partial charge in [0.2, 0.25) is 0 Å². The van der Waals surface area contributed by atoms with E-state index in [2.05, 4.69) is 53.0 Å². The molecule has 0 saturated carbocycles. The summed E-state index contributed by atoms with van der Waals surface area (Å²) in [5.41, 5.74) is 6.04. The molecule has 98 valence electrons. The Morgan fingerprint density at radius 1 is 1.10 bits per heavy atom. The summed E-state index contributed by atoms with van der Waals surface area (Å²) in [7, 11) is 0. The lowest BCUT2D eigenvalue weighted by atomic mass is 10.1. The Hall–Kier alpha value is -2.12. The Kier molecular flexibility index (Phi) is 3.07. The molecular weight excluding hydrogens is 314 g/mol. The molecule has 2 aromatic carbocycles. The van der Waals surface area contributed by atoms with E-state index in [1.54, 1.807) is 12.4 Å². The highest BCUT2D eigenvalue weighted by Gasteiger charge is 2.08. The molecule has 0 aliphatic rings. The number of aryl methyl sites for hydroxylation is 2. The Morgan fingerprint density at radius 2 is 1.85 bits per heavy atom. The Labute approximate surface area is 125 Å². The van der Waals surface area contributed by atoms with E-state index in [0.717, 1.165) is 21.2 Å². The predicted octanol–water partition coefficient (Wildman–Crippen LogP) is 4.28. The quantitative estimate of drug-likeness (QED) is 0.670. The van der Waals surface area contributed by atoms with Crippen molar-refractivity contribution >= 4 is 27.0 Å². The number of hydrogen-bond donors (Lipinski definition) is 0. The zero-order valence-corrected chi connectivity index (χ0v) is 12.8. The molecule has 0 unspecified atom stereocenters. The molecule has 0 radical (unpaired) electrons. The van der Waals surface area contributed by atoms with E-state index in [-0.39, 0.29) is 0 Å². The van der Waals surface area contributed by atoms with Gasteiger partial charge in [-0.15, -0.1) is 0 Å². The number of nitrogens with zero attached hydrogens (tertiary/aromatic N) is 3. The van der Waals surface area contributed by atoms with Crippen molar-refractivity contribution in [2.45, 2.75) is 13.8 Å². The average molecular weight is 326 g/mol. The van der Waals surface area contributed by atoms with Crippen LogP contribution in [-0.4, -0.2) is 9.55 Å². The third kappa shape index (κ3) is 2.10. The maximum Gasteiger partial charge on any atom is 0.100 e. The molecular formula is C16H12BrN3. The maximum absolute atomic E-state index is 9.08. The fraction of sp³-hybridized carbons (Fsp3) is 0.125. The first-order valence-electron chi connectivity index (χ1n) is 6.24. The standard InChI is InChI=1S/C16H12BrN3/c1-10-3-15-16(4-11(10)2)20(9-19-15)14-6-12(8-18)5-13(17)7-14/h3-7,9H,1-2H3. The van der Waals surface area contributed by atoms with Crippen LogP contribution in [0.25, 0.3) is 16.7 Å². The monoisotopic (exact) mass is 325 g/mol. The fourth-order valence-electron chi connectivity index (χ4n) is 2.25. The van der Waals surface area contributed by atoms with Crippen molar-refractivity contribution in [1.82, 2.24) is 9.55 Å². The molecule has 0 N–H and O–H groups in total. The SMILES string of the molecule is Cc1cc2ncn(-c3cc(Br)cc(C#N)c3)c2cc1C. The third-order valence-electron chi connectivity index (χ3n) is 3.45. The van der Waals surface area contributed by atoms with Gasteiger partial charge in [-0.25, -0.2) is 4.98 Å². The van der Waals surface area contributed by atoms with Crippen LogP contribution in [0, 0.1) is 25.2 Å². The van der Waals surface area contributed by atoms with Crippen LogP contribution in [0.3, 0.4) is 0 Å². The molecule has 0 aliphatic carbocycles. The fourth-order valence-corrected chi connectivity index (χ4v) is 2.73. The molecule has 3 nitrogen and oxygen atoms in total. The van der Waals surface area contributed by atoms with Crippen molar-refractivity contribution in [3.63, 3.8) is 0 Å². The lowest BCUT2D eigenvalue weighted by Crippen LogP contribution is -1.94. The van der Waals surface area contributed by atoms with Crippen LogP contribution in [0.4, 0.5) is 0 Å². The minimum absolute atomic E-state index is 0.625. The topological polar surface area (TPSA) is 41.6 Å². The first kappa shape index (κ1) is 12.9. The number of benzene rings is 2. The van der Waals surface area contributed by atoms with Crippen LogP contribution in [0.2, 0.25) is 0 Å². The molecule has 0 bridgehead atoms. The summed E-state index contributed by atoms with van der Waals surface area (Å²) >= 11 is 3.44. The second-order valence-corrected chi connectivity index (χ2v) is 5.77. The molecule has 0 saturated heterocycles. The van der Waals surface area contributed by atoms with Crippen LogP contribution in [-0.2, 0) is 0 Å². The molecule has 4 heteroatoms. The van der Waals surface area contributed by atoms with E-state index in [9.17, 15) is 0 Å². The lowest BCUT2D eigenvalue weighted by molar-refractivity contribution is 1.09. The number of imidazole rings is 1. The number of nitriles is 1. The second kappa shape index (κ2) is 4.77. The summed E-state index contributed by atoms with van der Waals surface area (Å²) in [5, 5.41) is 9.08. The van der Waals surface area contributed by atoms with Crippen LogP contribution in [0.1, 0.15) is 16.7 Å². The van der Waals surface area contributed by atoms with Gasteiger partial charge in [-0.2, -0.15) is 5.26 Å². The zero-order chi connectivity index (χ0) is 14.3. The smallest absolute Gasteiger partial charge is 0.100 e. The minimum atomic E-state index is 0.625. The largest absolute Gasteiger partial charge is 0.299 e. The van der Waals surface area contributed by atoms with E-state index < -0.39 is 0 Å². The Bertz CT molecular complexity index is 856. The summed E-state index contributed by atoms with van der Waals surface area (Å²) in [6.07, 6.45) is 1.80. The average Bonchev–Trinajstić information content (AvgIpc) is 2.81. The van der Waals surface area contributed by atoms with Crippen molar-refractivity contribution in [3.05, 3.63) is 57.8 Å². The van der Waals surface area contributed by atoms with Crippen LogP contribution in [0.15, 0.2) is 41.1 Å². The van der Waals surface area contributed by atoms with Gasteiger partial charge in [0.05, 0.1) is 22.7 Å². The molecule has 20 heavy (non-hydrogen) atoms. The second-order valence-electron chi connectivity index (χ2n) is 4.85. The van der Waals surface area contributed by atoms with E-state index in [1.165, 1.54) is 11.1 Å². The molecule has 0 atom stereocenters. The third-order valence-corrected chi connectivity index (χ3v) is 3.91. The highest BCUT2D eigenvalue weighted by Crippen LogP contribution is 2.24. The van der Waals surface area contributed by atoms with E-state index in [4.69, 9.17) is 5.26 Å². The summed E-state index contributed by atoms with van der Waals surface area (Å²) < 4.78 is 2.89. The highest BCUT2D eigenvalue weighted by atomic mass is 79.9. The summed E-state index contributed by atoms with van der Waals surface area (Å²) in [6, 6.07) is 12.0. The normalized spacial score (nSPS) is 10.7. The molecule has 0 spiro atoms. The summed E-state index contributed by atoms with van der Waals surface area (Å²) in [5.74, 6) is 0.